The molecule has 0 bridgehead atoms. The van der Waals surface area contributed by atoms with Crippen molar-refractivity contribution in [3.05, 3.63) is 0 Å². The van der Waals surface area contributed by atoms with E-state index in [4.69, 9.17) is 0 Å². The van der Waals surface area contributed by atoms with Crippen molar-refractivity contribution in [2.24, 2.45) is 0 Å². The zero-order valence-corrected chi connectivity index (χ0v) is 9.46. The van der Waals surface area contributed by atoms with E-state index in [1.165, 1.54) is 32.4 Å². The molecule has 0 aromatic rings. The minimum Gasteiger partial charge on any atom is -0.344 e. The lowest BCUT2D eigenvalue weighted by atomic mass is 10.1. The Morgan fingerprint density at radius 1 is 1.29 bits per heavy atom. The fourth-order valence-electron chi connectivity index (χ4n) is 1.87. The fourth-order valence-corrected chi connectivity index (χ4v) is 1.87. The van der Waals surface area contributed by atoms with Crippen LogP contribution in [-0.4, -0.2) is 48.9 Å². The average Bonchev–Trinajstić information content (AvgIpc) is 2.26. The molecule has 0 radical (unpaired) electrons. The van der Waals surface area contributed by atoms with E-state index in [-0.39, 0.29) is 5.91 Å². The van der Waals surface area contributed by atoms with Gasteiger partial charge in [0.2, 0.25) is 5.91 Å². The van der Waals surface area contributed by atoms with E-state index in [1.54, 1.807) is 0 Å². The highest BCUT2D eigenvalue weighted by atomic mass is 16.2. The molecule has 82 valence electrons. The second-order valence-corrected chi connectivity index (χ2v) is 4.07. The lowest BCUT2D eigenvalue weighted by Gasteiger charge is -2.28. The Labute approximate surface area is 87.1 Å². The molecule has 14 heavy (non-hydrogen) atoms. The summed E-state index contributed by atoms with van der Waals surface area (Å²) in [5.74, 6) is 0.252. The molecule has 0 aromatic carbocycles. The number of piperidine rings is 1. The third-order valence-electron chi connectivity index (χ3n) is 2.93. The van der Waals surface area contributed by atoms with Crippen LogP contribution in [0, 0.1) is 0 Å². The predicted octanol–water partition coefficient (Wildman–Crippen LogP) is 1.34. The van der Waals surface area contributed by atoms with Crippen LogP contribution in [0.25, 0.3) is 0 Å². The second-order valence-electron chi connectivity index (χ2n) is 4.07. The monoisotopic (exact) mass is 198 g/mol. The zero-order valence-electron chi connectivity index (χ0n) is 9.46. The van der Waals surface area contributed by atoms with E-state index in [0.717, 1.165) is 13.1 Å². The summed E-state index contributed by atoms with van der Waals surface area (Å²) in [6, 6.07) is 0. The van der Waals surface area contributed by atoms with Crippen molar-refractivity contribution >= 4 is 5.91 Å². The van der Waals surface area contributed by atoms with E-state index in [1.807, 2.05) is 18.9 Å². The third-order valence-corrected chi connectivity index (χ3v) is 2.93. The summed E-state index contributed by atoms with van der Waals surface area (Å²) in [6.07, 6.45) is 4.65. The maximum Gasteiger partial charge on any atom is 0.222 e. The van der Waals surface area contributed by atoms with E-state index < -0.39 is 0 Å². The van der Waals surface area contributed by atoms with Crippen LogP contribution in [0.1, 0.15) is 32.6 Å². The van der Waals surface area contributed by atoms with Gasteiger partial charge in [0.05, 0.1) is 0 Å². The standard InChI is InChI=1S/C11H22N2O/c1-3-11(14)12(2)9-10-13-7-5-4-6-8-13/h3-10H2,1-2H3. The molecule has 3 nitrogen and oxygen atoms in total. The van der Waals surface area contributed by atoms with Crippen molar-refractivity contribution in [1.82, 2.24) is 9.80 Å². The van der Waals surface area contributed by atoms with Gasteiger partial charge in [0, 0.05) is 26.6 Å². The summed E-state index contributed by atoms with van der Waals surface area (Å²) < 4.78 is 0. The molecule has 1 fully saturated rings. The molecule has 0 aromatic heterocycles. The minimum atomic E-state index is 0.252. The number of hydrogen-bond donors (Lipinski definition) is 0. The Balaban J connectivity index is 2.15. The molecule has 3 heteroatoms. The Morgan fingerprint density at radius 2 is 1.93 bits per heavy atom. The maximum absolute atomic E-state index is 11.3. The molecule has 1 saturated heterocycles. The summed E-state index contributed by atoms with van der Waals surface area (Å²) in [4.78, 5) is 15.6. The van der Waals surface area contributed by atoms with Gasteiger partial charge in [-0.15, -0.1) is 0 Å². The fraction of sp³-hybridized carbons (Fsp3) is 0.909. The van der Waals surface area contributed by atoms with E-state index in [0.29, 0.717) is 6.42 Å². The number of carbonyl (C=O) groups excluding carboxylic acids is 1. The van der Waals surface area contributed by atoms with Gasteiger partial charge >= 0.3 is 0 Å². The van der Waals surface area contributed by atoms with Crippen LogP contribution in [-0.2, 0) is 4.79 Å². The van der Waals surface area contributed by atoms with Crippen molar-refractivity contribution in [2.75, 3.05) is 33.2 Å². The largest absolute Gasteiger partial charge is 0.344 e. The number of nitrogens with zero attached hydrogens (tertiary/aromatic N) is 2. The van der Waals surface area contributed by atoms with Gasteiger partial charge in [-0.05, 0) is 25.9 Å². The van der Waals surface area contributed by atoms with Gasteiger partial charge in [0.1, 0.15) is 0 Å². The Morgan fingerprint density at radius 3 is 2.50 bits per heavy atom. The maximum atomic E-state index is 11.3. The van der Waals surface area contributed by atoms with Gasteiger partial charge < -0.3 is 9.80 Å². The predicted molar refractivity (Wildman–Crippen MR) is 58.2 cm³/mol. The van der Waals surface area contributed by atoms with Gasteiger partial charge in [-0.3, -0.25) is 4.79 Å². The first-order valence-electron chi connectivity index (χ1n) is 5.70. The third kappa shape index (κ3) is 3.66. The first-order chi connectivity index (χ1) is 6.74. The number of likely N-dealkylation sites (tertiary alicyclic amines) is 1. The molecule has 0 atom stereocenters. The quantitative estimate of drug-likeness (QED) is 0.680. The summed E-state index contributed by atoms with van der Waals surface area (Å²) in [5, 5.41) is 0. The first kappa shape index (κ1) is 11.5. The molecule has 1 rings (SSSR count). The minimum absolute atomic E-state index is 0.252. The SMILES string of the molecule is CCC(=O)N(C)CCN1CCCCC1. The first-order valence-corrected chi connectivity index (χ1v) is 5.70. The zero-order chi connectivity index (χ0) is 10.4. The van der Waals surface area contributed by atoms with Gasteiger partial charge in [-0.1, -0.05) is 13.3 Å². The molecule has 1 heterocycles. The van der Waals surface area contributed by atoms with Crippen molar-refractivity contribution < 1.29 is 4.79 Å². The molecule has 0 aliphatic carbocycles. The number of carbonyl (C=O) groups is 1. The molecule has 1 aliphatic rings. The van der Waals surface area contributed by atoms with Crippen molar-refractivity contribution in [2.45, 2.75) is 32.6 Å². The smallest absolute Gasteiger partial charge is 0.222 e. The van der Waals surface area contributed by atoms with Gasteiger partial charge in [-0.25, -0.2) is 0 Å². The highest BCUT2D eigenvalue weighted by Gasteiger charge is 2.11. The molecule has 0 saturated carbocycles. The lowest BCUT2D eigenvalue weighted by molar-refractivity contribution is -0.129. The van der Waals surface area contributed by atoms with Crippen LogP contribution in [0.3, 0.4) is 0 Å². The van der Waals surface area contributed by atoms with Crippen LogP contribution in [0.15, 0.2) is 0 Å². The molecule has 0 spiro atoms. The van der Waals surface area contributed by atoms with Gasteiger partial charge in [0.25, 0.3) is 0 Å². The van der Waals surface area contributed by atoms with Crippen LogP contribution < -0.4 is 0 Å². The van der Waals surface area contributed by atoms with Crippen LogP contribution in [0.4, 0.5) is 0 Å². The van der Waals surface area contributed by atoms with Crippen molar-refractivity contribution in [1.29, 1.82) is 0 Å². The summed E-state index contributed by atoms with van der Waals surface area (Å²) in [6.45, 7) is 6.27. The van der Waals surface area contributed by atoms with Crippen molar-refractivity contribution in [3.8, 4) is 0 Å². The number of hydrogen-bond acceptors (Lipinski definition) is 2. The molecule has 1 aliphatic heterocycles. The molecular weight excluding hydrogens is 176 g/mol. The highest BCUT2D eigenvalue weighted by Crippen LogP contribution is 2.07. The van der Waals surface area contributed by atoms with Crippen LogP contribution in [0.5, 0.6) is 0 Å². The summed E-state index contributed by atoms with van der Waals surface area (Å²) in [7, 11) is 1.90. The van der Waals surface area contributed by atoms with Crippen molar-refractivity contribution in [3.63, 3.8) is 0 Å². The van der Waals surface area contributed by atoms with Crippen LogP contribution >= 0.6 is 0 Å². The van der Waals surface area contributed by atoms with Gasteiger partial charge in [-0.2, -0.15) is 0 Å². The topological polar surface area (TPSA) is 23.6 Å². The average molecular weight is 198 g/mol. The van der Waals surface area contributed by atoms with E-state index in [9.17, 15) is 4.79 Å². The molecule has 0 N–H and O–H groups in total. The Hall–Kier alpha value is -0.570. The van der Waals surface area contributed by atoms with E-state index >= 15 is 0 Å². The number of rotatable bonds is 4. The molecular formula is C11H22N2O. The Kier molecular flexibility index (Phi) is 4.94. The second kappa shape index (κ2) is 6.02. The van der Waals surface area contributed by atoms with Gasteiger partial charge in [0.15, 0.2) is 0 Å². The molecule has 0 unspecified atom stereocenters. The normalized spacial score (nSPS) is 18.1. The van der Waals surface area contributed by atoms with E-state index in [2.05, 4.69) is 4.90 Å². The molecule has 1 amide bonds. The summed E-state index contributed by atoms with van der Waals surface area (Å²) >= 11 is 0. The Bertz CT molecular complexity index is 176. The number of amides is 1. The summed E-state index contributed by atoms with van der Waals surface area (Å²) in [5.41, 5.74) is 0. The number of likely N-dealkylation sites (N-methyl/N-ethyl adjacent to an activating group) is 1. The lowest BCUT2D eigenvalue weighted by Crippen LogP contribution is -2.38. The highest BCUT2D eigenvalue weighted by molar-refractivity contribution is 5.75. The van der Waals surface area contributed by atoms with Crippen LogP contribution in [0.2, 0.25) is 0 Å².